The molecular weight excluding hydrogens is 418 g/mol. The fourth-order valence-corrected chi connectivity index (χ4v) is 5.98. The van der Waals surface area contributed by atoms with Crippen LogP contribution in [0, 0.1) is 5.92 Å². The number of fused-ring (bicyclic) bond motifs is 6. The fraction of sp³-hybridized carbons (Fsp3) is 0.129. The zero-order chi connectivity index (χ0) is 22.4. The Balaban J connectivity index is 1.48. The summed E-state index contributed by atoms with van der Waals surface area (Å²) in [4.78, 5) is 7.64. The van der Waals surface area contributed by atoms with Crippen molar-refractivity contribution in [2.24, 2.45) is 5.92 Å². The first kappa shape index (κ1) is 20.3. The second kappa shape index (κ2) is 8.20. The van der Waals surface area contributed by atoms with E-state index in [9.17, 15) is 0 Å². The first-order valence-corrected chi connectivity index (χ1v) is 12.4. The van der Waals surface area contributed by atoms with E-state index in [4.69, 9.17) is 4.98 Å². The van der Waals surface area contributed by atoms with Crippen molar-refractivity contribution in [3.63, 3.8) is 0 Å². The molecule has 0 fully saturated rings. The molecule has 0 atom stereocenters. The molecule has 2 heteroatoms. The predicted molar refractivity (Wildman–Crippen MR) is 141 cm³/mol. The van der Waals surface area contributed by atoms with Gasteiger partial charge in [0.05, 0.1) is 11.2 Å². The third kappa shape index (κ3) is 3.65. The van der Waals surface area contributed by atoms with Gasteiger partial charge in [0, 0.05) is 20.7 Å². The standard InChI is InChI=1S/C31H25NS/c1-20(2)18-21-8-7-12-29-23(21)16-17-28(32-29)22-14-15-27-25-10-4-3-9-24(25)26-11-5-6-13-30(26)33-31(27)19-22/h3-17,19-20H,18H2,1-2H3. The summed E-state index contributed by atoms with van der Waals surface area (Å²) in [5.41, 5.74) is 9.83. The van der Waals surface area contributed by atoms with Crippen molar-refractivity contribution in [2.75, 3.05) is 0 Å². The summed E-state index contributed by atoms with van der Waals surface area (Å²) >= 11 is 1.85. The van der Waals surface area contributed by atoms with Crippen LogP contribution in [0.4, 0.5) is 0 Å². The smallest absolute Gasteiger partial charge is 0.0712 e. The molecule has 0 saturated heterocycles. The lowest BCUT2D eigenvalue weighted by molar-refractivity contribution is 0.650. The molecule has 2 heterocycles. The van der Waals surface area contributed by atoms with Gasteiger partial charge in [-0.2, -0.15) is 0 Å². The molecule has 5 aromatic rings. The van der Waals surface area contributed by atoms with Gasteiger partial charge in [0.2, 0.25) is 0 Å². The Morgan fingerprint density at radius 2 is 1.39 bits per heavy atom. The van der Waals surface area contributed by atoms with Crippen LogP contribution in [0.3, 0.4) is 0 Å². The Labute approximate surface area is 199 Å². The monoisotopic (exact) mass is 443 g/mol. The Morgan fingerprint density at radius 1 is 0.667 bits per heavy atom. The van der Waals surface area contributed by atoms with Gasteiger partial charge in [0.1, 0.15) is 0 Å². The van der Waals surface area contributed by atoms with Crippen LogP contribution >= 0.6 is 11.8 Å². The molecule has 160 valence electrons. The summed E-state index contributed by atoms with van der Waals surface area (Å²) in [6, 6.07) is 35.2. The van der Waals surface area contributed by atoms with Crippen molar-refractivity contribution >= 4 is 22.7 Å². The molecule has 4 aromatic carbocycles. The second-order valence-electron chi connectivity index (χ2n) is 9.13. The minimum Gasteiger partial charge on any atom is -0.248 e. The molecule has 33 heavy (non-hydrogen) atoms. The average Bonchev–Trinajstić information content (AvgIpc) is 2.98. The highest BCUT2D eigenvalue weighted by Crippen LogP contribution is 2.48. The second-order valence-corrected chi connectivity index (χ2v) is 10.2. The van der Waals surface area contributed by atoms with Crippen molar-refractivity contribution in [1.82, 2.24) is 4.98 Å². The van der Waals surface area contributed by atoms with E-state index in [0.717, 1.165) is 23.2 Å². The molecule has 1 nitrogen and oxygen atoms in total. The maximum absolute atomic E-state index is 5.07. The Hall–Kier alpha value is -3.36. The minimum absolute atomic E-state index is 0.627. The van der Waals surface area contributed by atoms with E-state index in [-0.39, 0.29) is 0 Å². The van der Waals surface area contributed by atoms with Gasteiger partial charge in [-0.1, -0.05) is 98.4 Å². The molecule has 6 rings (SSSR count). The van der Waals surface area contributed by atoms with Crippen molar-refractivity contribution in [1.29, 1.82) is 0 Å². The lowest BCUT2D eigenvalue weighted by Gasteiger charge is -2.12. The van der Waals surface area contributed by atoms with E-state index in [2.05, 4.69) is 111 Å². The number of benzene rings is 4. The number of aromatic nitrogens is 1. The molecule has 0 bridgehead atoms. The van der Waals surface area contributed by atoms with Gasteiger partial charge in [0.15, 0.2) is 0 Å². The predicted octanol–water partition coefficient (Wildman–Crippen LogP) is 8.90. The lowest BCUT2D eigenvalue weighted by Crippen LogP contribution is -1.96. The SMILES string of the molecule is CC(C)Cc1cccc2nc(-c3ccc4c(c3)Sc3ccccc3-c3ccccc3-4)ccc12. The zero-order valence-electron chi connectivity index (χ0n) is 18.9. The molecule has 0 radical (unpaired) electrons. The summed E-state index contributed by atoms with van der Waals surface area (Å²) in [5.74, 6) is 0.627. The number of rotatable bonds is 3. The van der Waals surface area contributed by atoms with Gasteiger partial charge in [-0.25, -0.2) is 4.98 Å². The molecule has 1 aromatic heterocycles. The quantitative estimate of drug-likeness (QED) is 0.271. The van der Waals surface area contributed by atoms with E-state index < -0.39 is 0 Å². The van der Waals surface area contributed by atoms with Gasteiger partial charge in [-0.15, -0.1) is 0 Å². The molecule has 0 spiro atoms. The summed E-state index contributed by atoms with van der Waals surface area (Å²) < 4.78 is 0. The van der Waals surface area contributed by atoms with Crippen LogP contribution in [-0.2, 0) is 6.42 Å². The van der Waals surface area contributed by atoms with Crippen molar-refractivity contribution < 1.29 is 0 Å². The van der Waals surface area contributed by atoms with Crippen LogP contribution in [0.15, 0.2) is 107 Å². The van der Waals surface area contributed by atoms with E-state index >= 15 is 0 Å². The van der Waals surface area contributed by atoms with Crippen LogP contribution in [0.2, 0.25) is 0 Å². The van der Waals surface area contributed by atoms with Gasteiger partial charge in [-0.3, -0.25) is 0 Å². The third-order valence-electron chi connectivity index (χ3n) is 6.34. The normalized spacial score (nSPS) is 12.2. The van der Waals surface area contributed by atoms with Crippen LogP contribution in [0.5, 0.6) is 0 Å². The highest BCUT2D eigenvalue weighted by Gasteiger charge is 2.20. The van der Waals surface area contributed by atoms with Gasteiger partial charge in [0.25, 0.3) is 0 Å². The number of hydrogen-bond donors (Lipinski definition) is 0. The third-order valence-corrected chi connectivity index (χ3v) is 7.48. The van der Waals surface area contributed by atoms with Crippen molar-refractivity contribution in [3.8, 4) is 33.5 Å². The molecule has 1 aliphatic rings. The maximum atomic E-state index is 5.07. The summed E-state index contributed by atoms with van der Waals surface area (Å²) in [5, 5.41) is 1.27. The Kier molecular flexibility index (Phi) is 5.04. The Morgan fingerprint density at radius 3 is 2.18 bits per heavy atom. The Bertz CT molecular complexity index is 1500. The van der Waals surface area contributed by atoms with Crippen LogP contribution in [-0.4, -0.2) is 4.98 Å². The van der Waals surface area contributed by atoms with E-state index in [1.807, 2.05) is 11.8 Å². The fourth-order valence-electron chi connectivity index (χ4n) is 4.84. The lowest BCUT2D eigenvalue weighted by atomic mass is 9.94. The van der Waals surface area contributed by atoms with Gasteiger partial charge < -0.3 is 0 Å². The van der Waals surface area contributed by atoms with Gasteiger partial charge in [-0.05, 0) is 64.4 Å². The summed E-state index contributed by atoms with van der Waals surface area (Å²) in [6.45, 7) is 4.54. The molecule has 1 aliphatic heterocycles. The average molecular weight is 444 g/mol. The minimum atomic E-state index is 0.627. The molecule has 0 aliphatic carbocycles. The topological polar surface area (TPSA) is 12.9 Å². The highest BCUT2D eigenvalue weighted by molar-refractivity contribution is 7.99. The largest absolute Gasteiger partial charge is 0.248 e. The molecule has 0 N–H and O–H groups in total. The molecule has 0 saturated carbocycles. The number of pyridine rings is 1. The van der Waals surface area contributed by atoms with E-state index in [1.54, 1.807) is 0 Å². The molecule has 0 unspecified atom stereocenters. The first-order valence-electron chi connectivity index (χ1n) is 11.6. The first-order chi connectivity index (χ1) is 16.2. The van der Waals surface area contributed by atoms with Gasteiger partial charge >= 0.3 is 0 Å². The van der Waals surface area contributed by atoms with Crippen LogP contribution < -0.4 is 0 Å². The van der Waals surface area contributed by atoms with Crippen molar-refractivity contribution in [3.05, 3.63) is 103 Å². The molecular formula is C31H25NS. The highest BCUT2D eigenvalue weighted by atomic mass is 32.2. The maximum Gasteiger partial charge on any atom is 0.0712 e. The zero-order valence-corrected chi connectivity index (χ0v) is 19.7. The molecule has 0 amide bonds. The van der Waals surface area contributed by atoms with E-state index in [0.29, 0.717) is 5.92 Å². The summed E-state index contributed by atoms with van der Waals surface area (Å²) in [6.07, 6.45) is 1.08. The van der Waals surface area contributed by atoms with Crippen LogP contribution in [0.25, 0.3) is 44.4 Å². The number of hydrogen-bond acceptors (Lipinski definition) is 2. The van der Waals surface area contributed by atoms with E-state index in [1.165, 1.54) is 43.0 Å². The van der Waals surface area contributed by atoms with Crippen molar-refractivity contribution in [2.45, 2.75) is 30.1 Å². The van der Waals surface area contributed by atoms with Crippen LogP contribution in [0.1, 0.15) is 19.4 Å². The summed E-state index contributed by atoms with van der Waals surface area (Å²) in [7, 11) is 0. The number of nitrogens with zero attached hydrogens (tertiary/aromatic N) is 1.